The second kappa shape index (κ2) is 10.5. The van der Waals surface area contributed by atoms with Crippen LogP contribution in [0.3, 0.4) is 0 Å². The predicted octanol–water partition coefficient (Wildman–Crippen LogP) is 3.70. The molecule has 2 aromatic rings. The number of thiophene rings is 1. The first-order valence-corrected chi connectivity index (χ1v) is 10.2. The summed E-state index contributed by atoms with van der Waals surface area (Å²) < 4.78 is 26.0. The summed E-state index contributed by atoms with van der Waals surface area (Å²) in [5, 5.41) is 2.03. The van der Waals surface area contributed by atoms with Crippen molar-refractivity contribution in [2.45, 2.75) is 38.1 Å². The smallest absolute Gasteiger partial charge is 0.243 e. The first-order valence-electron chi connectivity index (χ1n) is 7.83. The van der Waals surface area contributed by atoms with Crippen molar-refractivity contribution in [2.24, 2.45) is 5.73 Å². The molecule has 0 amide bonds. The third-order valence-corrected chi connectivity index (χ3v) is 5.92. The molecule has 1 aromatic heterocycles. The van der Waals surface area contributed by atoms with Crippen molar-refractivity contribution in [1.29, 1.82) is 0 Å². The molecule has 6 heteroatoms. The zero-order valence-electron chi connectivity index (χ0n) is 13.8. The average Bonchev–Trinajstić information content (AvgIpc) is 3.10. The van der Waals surface area contributed by atoms with Gasteiger partial charge in [-0.3, -0.25) is 0 Å². The van der Waals surface area contributed by atoms with E-state index in [2.05, 4.69) is 0 Å². The maximum atomic E-state index is 12.2. The molecular formula is C17H26N2O2S2. The molecule has 0 saturated heterocycles. The van der Waals surface area contributed by atoms with Crippen LogP contribution in [0.25, 0.3) is 0 Å². The summed E-state index contributed by atoms with van der Waals surface area (Å²) in [5.41, 5.74) is 5.30. The SMILES string of the molecule is CCCN(CCC)S(=O)(=O)c1ccccc1.NCc1cccs1. The Bertz CT molecular complexity index is 620. The van der Waals surface area contributed by atoms with Crippen LogP contribution in [0.5, 0.6) is 0 Å². The van der Waals surface area contributed by atoms with E-state index in [9.17, 15) is 8.42 Å². The fraction of sp³-hybridized carbons (Fsp3) is 0.412. The summed E-state index contributed by atoms with van der Waals surface area (Å²) >= 11 is 1.70. The van der Waals surface area contributed by atoms with E-state index in [0.29, 0.717) is 24.5 Å². The predicted molar refractivity (Wildman–Crippen MR) is 98.0 cm³/mol. The maximum Gasteiger partial charge on any atom is 0.243 e. The van der Waals surface area contributed by atoms with E-state index in [4.69, 9.17) is 5.73 Å². The lowest BCUT2D eigenvalue weighted by Gasteiger charge is -2.20. The van der Waals surface area contributed by atoms with Crippen molar-refractivity contribution in [1.82, 2.24) is 4.31 Å². The topological polar surface area (TPSA) is 63.4 Å². The fourth-order valence-corrected chi connectivity index (χ4v) is 4.25. The van der Waals surface area contributed by atoms with E-state index in [1.807, 2.05) is 37.4 Å². The number of hydrogen-bond donors (Lipinski definition) is 1. The molecule has 0 aliphatic heterocycles. The summed E-state index contributed by atoms with van der Waals surface area (Å²) in [5.74, 6) is 0. The number of rotatable bonds is 7. The minimum Gasteiger partial charge on any atom is -0.326 e. The first-order chi connectivity index (χ1) is 11.1. The van der Waals surface area contributed by atoms with Crippen LogP contribution in [0.2, 0.25) is 0 Å². The molecule has 0 spiro atoms. The van der Waals surface area contributed by atoms with E-state index < -0.39 is 10.0 Å². The van der Waals surface area contributed by atoms with Gasteiger partial charge in [0.05, 0.1) is 4.90 Å². The summed E-state index contributed by atoms with van der Waals surface area (Å²) in [6, 6.07) is 12.7. The van der Waals surface area contributed by atoms with E-state index in [1.54, 1.807) is 39.9 Å². The van der Waals surface area contributed by atoms with E-state index >= 15 is 0 Å². The Balaban J connectivity index is 0.000000313. The Hall–Kier alpha value is -1.21. The molecule has 1 aromatic carbocycles. The highest BCUT2D eigenvalue weighted by molar-refractivity contribution is 7.89. The Morgan fingerprint density at radius 1 is 1.00 bits per heavy atom. The lowest BCUT2D eigenvalue weighted by atomic mass is 10.4. The molecule has 0 radical (unpaired) electrons. The van der Waals surface area contributed by atoms with Gasteiger partial charge in [-0.2, -0.15) is 4.31 Å². The Kier molecular flexibility index (Phi) is 9.09. The van der Waals surface area contributed by atoms with Crippen molar-refractivity contribution in [3.05, 3.63) is 52.7 Å². The van der Waals surface area contributed by atoms with Crippen molar-refractivity contribution >= 4 is 21.4 Å². The van der Waals surface area contributed by atoms with Crippen molar-refractivity contribution in [3.8, 4) is 0 Å². The molecule has 0 aliphatic rings. The third-order valence-electron chi connectivity index (χ3n) is 3.11. The normalized spacial score (nSPS) is 11.1. The second-order valence-corrected chi connectivity index (χ2v) is 7.97. The molecule has 23 heavy (non-hydrogen) atoms. The number of hydrogen-bond acceptors (Lipinski definition) is 4. The van der Waals surface area contributed by atoms with Gasteiger partial charge in [-0.25, -0.2) is 8.42 Å². The van der Waals surface area contributed by atoms with Gasteiger partial charge >= 0.3 is 0 Å². The molecule has 0 saturated carbocycles. The largest absolute Gasteiger partial charge is 0.326 e. The fourth-order valence-electron chi connectivity index (χ4n) is 2.02. The highest BCUT2D eigenvalue weighted by Gasteiger charge is 2.22. The van der Waals surface area contributed by atoms with Gasteiger partial charge in [0.15, 0.2) is 0 Å². The van der Waals surface area contributed by atoms with Crippen LogP contribution in [-0.4, -0.2) is 25.8 Å². The minimum atomic E-state index is -3.29. The number of sulfonamides is 1. The zero-order valence-corrected chi connectivity index (χ0v) is 15.4. The average molecular weight is 355 g/mol. The van der Waals surface area contributed by atoms with E-state index in [1.165, 1.54) is 4.88 Å². The standard InChI is InChI=1S/C12H19NO2S.C5H7NS/c1-3-10-13(11-4-2)16(14,15)12-8-6-5-7-9-12;6-4-5-2-1-3-7-5/h5-9H,3-4,10-11H2,1-2H3;1-3H,4,6H2. The molecule has 0 atom stereocenters. The number of nitrogens with two attached hydrogens (primary N) is 1. The summed E-state index contributed by atoms with van der Waals surface area (Å²) in [6.45, 7) is 5.83. The van der Waals surface area contributed by atoms with Gasteiger partial charge < -0.3 is 5.73 Å². The van der Waals surface area contributed by atoms with Gasteiger partial charge in [0.1, 0.15) is 0 Å². The molecule has 0 bridgehead atoms. The van der Waals surface area contributed by atoms with E-state index in [0.717, 1.165) is 12.8 Å². The van der Waals surface area contributed by atoms with Crippen LogP contribution in [0, 0.1) is 0 Å². The van der Waals surface area contributed by atoms with Crippen LogP contribution < -0.4 is 5.73 Å². The van der Waals surface area contributed by atoms with Crippen LogP contribution in [0.1, 0.15) is 31.6 Å². The minimum absolute atomic E-state index is 0.386. The van der Waals surface area contributed by atoms with Crippen LogP contribution in [0.15, 0.2) is 52.7 Å². The van der Waals surface area contributed by atoms with Gasteiger partial charge in [0.25, 0.3) is 0 Å². The first kappa shape index (κ1) is 19.8. The zero-order chi connectivity index (χ0) is 17.1. The number of nitrogens with zero attached hydrogens (tertiary/aromatic N) is 1. The highest BCUT2D eigenvalue weighted by atomic mass is 32.2. The molecule has 4 nitrogen and oxygen atoms in total. The molecular weight excluding hydrogens is 328 g/mol. The van der Waals surface area contributed by atoms with Crippen molar-refractivity contribution in [2.75, 3.05) is 13.1 Å². The van der Waals surface area contributed by atoms with Crippen LogP contribution >= 0.6 is 11.3 Å². The van der Waals surface area contributed by atoms with Crippen molar-refractivity contribution < 1.29 is 8.42 Å². The van der Waals surface area contributed by atoms with Gasteiger partial charge in [0, 0.05) is 24.5 Å². The lowest BCUT2D eigenvalue weighted by Crippen LogP contribution is -2.32. The summed E-state index contributed by atoms with van der Waals surface area (Å²) in [4.78, 5) is 1.64. The quantitative estimate of drug-likeness (QED) is 0.824. The van der Waals surface area contributed by atoms with Crippen LogP contribution in [-0.2, 0) is 16.6 Å². The monoisotopic (exact) mass is 354 g/mol. The van der Waals surface area contributed by atoms with Crippen molar-refractivity contribution in [3.63, 3.8) is 0 Å². The molecule has 2 rings (SSSR count). The molecule has 0 fully saturated rings. The highest BCUT2D eigenvalue weighted by Crippen LogP contribution is 2.15. The Morgan fingerprint density at radius 2 is 1.61 bits per heavy atom. The summed E-state index contributed by atoms with van der Waals surface area (Å²) in [6.07, 6.45) is 1.68. The second-order valence-electron chi connectivity index (χ2n) is 5.00. The van der Waals surface area contributed by atoms with E-state index in [-0.39, 0.29) is 0 Å². The molecule has 0 unspecified atom stereocenters. The van der Waals surface area contributed by atoms with Gasteiger partial charge in [-0.15, -0.1) is 11.3 Å². The van der Waals surface area contributed by atoms with Crippen LogP contribution in [0.4, 0.5) is 0 Å². The maximum absolute atomic E-state index is 12.2. The van der Waals surface area contributed by atoms with Gasteiger partial charge in [0.2, 0.25) is 10.0 Å². The molecule has 128 valence electrons. The van der Waals surface area contributed by atoms with Gasteiger partial charge in [-0.05, 0) is 36.4 Å². The Morgan fingerprint density at radius 3 is 2.00 bits per heavy atom. The lowest BCUT2D eigenvalue weighted by molar-refractivity contribution is 0.410. The third kappa shape index (κ3) is 6.43. The molecule has 2 N–H and O–H groups in total. The van der Waals surface area contributed by atoms with Gasteiger partial charge in [-0.1, -0.05) is 38.1 Å². The summed E-state index contributed by atoms with van der Waals surface area (Å²) in [7, 11) is -3.29. The molecule has 1 heterocycles. The molecule has 0 aliphatic carbocycles. The number of benzene rings is 1. The Labute approximate surface area is 144 Å².